The molecule has 16 heavy (non-hydrogen) atoms. The smallest absolute Gasteiger partial charge is 0.220 e. The van der Waals surface area contributed by atoms with E-state index in [2.05, 4.69) is 39.1 Å². The van der Waals surface area contributed by atoms with Crippen molar-refractivity contribution in [1.29, 1.82) is 0 Å². The van der Waals surface area contributed by atoms with E-state index in [0.717, 1.165) is 6.42 Å². The molecule has 1 aromatic carbocycles. The molecule has 1 saturated heterocycles. The molecule has 0 saturated carbocycles. The van der Waals surface area contributed by atoms with E-state index in [1.807, 2.05) is 0 Å². The molecule has 1 N–H and O–H groups in total. The van der Waals surface area contributed by atoms with E-state index < -0.39 is 0 Å². The van der Waals surface area contributed by atoms with Crippen LogP contribution in [0.25, 0.3) is 0 Å². The van der Waals surface area contributed by atoms with E-state index in [9.17, 15) is 4.79 Å². The summed E-state index contributed by atoms with van der Waals surface area (Å²) in [4.78, 5) is 11.3. The minimum absolute atomic E-state index is 0.183. The molecule has 1 amide bonds. The number of hydrogen-bond donors (Lipinski definition) is 1. The van der Waals surface area contributed by atoms with Gasteiger partial charge in [-0.15, -0.1) is 0 Å². The third-order valence-electron chi connectivity index (χ3n) is 3.77. The lowest BCUT2D eigenvalue weighted by Gasteiger charge is -2.20. The van der Waals surface area contributed by atoms with Crippen LogP contribution >= 0.6 is 0 Å². The monoisotopic (exact) mass is 217 g/mol. The summed E-state index contributed by atoms with van der Waals surface area (Å²) in [6.45, 7) is 8.59. The summed E-state index contributed by atoms with van der Waals surface area (Å²) >= 11 is 0. The third kappa shape index (κ3) is 1.73. The van der Waals surface area contributed by atoms with Gasteiger partial charge < -0.3 is 5.32 Å². The van der Waals surface area contributed by atoms with Crippen molar-refractivity contribution >= 4 is 5.91 Å². The first kappa shape index (κ1) is 11.2. The Bertz CT molecular complexity index is 422. The number of rotatable bonds is 1. The second kappa shape index (κ2) is 3.93. The summed E-state index contributed by atoms with van der Waals surface area (Å²) < 4.78 is 0. The summed E-state index contributed by atoms with van der Waals surface area (Å²) in [5.74, 6) is 0.183. The van der Waals surface area contributed by atoms with Crippen molar-refractivity contribution in [1.82, 2.24) is 5.32 Å². The van der Waals surface area contributed by atoms with Crippen LogP contribution in [0, 0.1) is 27.7 Å². The minimum Gasteiger partial charge on any atom is -0.349 e. The van der Waals surface area contributed by atoms with E-state index in [0.29, 0.717) is 6.42 Å². The Morgan fingerprint density at radius 2 is 1.69 bits per heavy atom. The van der Waals surface area contributed by atoms with Gasteiger partial charge in [-0.2, -0.15) is 0 Å². The molecule has 1 aliphatic rings. The molecule has 1 aromatic rings. The van der Waals surface area contributed by atoms with Crippen molar-refractivity contribution in [2.45, 2.75) is 46.6 Å². The predicted octanol–water partition coefficient (Wildman–Crippen LogP) is 2.87. The lowest BCUT2D eigenvalue weighted by Crippen LogP contribution is -2.20. The van der Waals surface area contributed by atoms with Gasteiger partial charge in [0, 0.05) is 6.42 Å². The maximum Gasteiger partial charge on any atom is 0.220 e. The Kier molecular flexibility index (Phi) is 2.75. The molecular weight excluding hydrogens is 198 g/mol. The summed E-state index contributed by atoms with van der Waals surface area (Å²) in [5, 5.41) is 3.07. The molecule has 0 aliphatic carbocycles. The first-order chi connectivity index (χ1) is 7.50. The van der Waals surface area contributed by atoms with E-state index in [4.69, 9.17) is 0 Å². The van der Waals surface area contributed by atoms with E-state index in [1.165, 1.54) is 27.8 Å². The van der Waals surface area contributed by atoms with Crippen LogP contribution in [0.1, 0.15) is 46.7 Å². The minimum atomic E-state index is 0.183. The average molecular weight is 217 g/mol. The number of nitrogens with one attached hydrogen (secondary N) is 1. The van der Waals surface area contributed by atoms with Crippen LogP contribution in [-0.4, -0.2) is 5.91 Å². The largest absolute Gasteiger partial charge is 0.349 e. The molecule has 0 radical (unpaired) electrons. The van der Waals surface area contributed by atoms with Crippen LogP contribution in [0.2, 0.25) is 0 Å². The fraction of sp³-hybridized carbons (Fsp3) is 0.500. The highest BCUT2D eigenvalue weighted by Gasteiger charge is 2.25. The molecule has 0 bridgehead atoms. The zero-order valence-corrected chi connectivity index (χ0v) is 10.5. The van der Waals surface area contributed by atoms with E-state index in [1.54, 1.807) is 0 Å². The number of carbonyl (C=O) groups is 1. The zero-order valence-electron chi connectivity index (χ0n) is 10.5. The van der Waals surface area contributed by atoms with E-state index in [-0.39, 0.29) is 11.9 Å². The number of amides is 1. The number of aryl methyl sites for hydroxylation is 2. The standard InChI is InChI=1S/C14H19NO/c1-8-7-9(2)11(4)14(10(8)3)12-5-6-13(16)15-12/h7,12H,5-6H2,1-4H3,(H,15,16). The lowest BCUT2D eigenvalue weighted by molar-refractivity contribution is -0.119. The Morgan fingerprint density at radius 3 is 2.12 bits per heavy atom. The van der Waals surface area contributed by atoms with Gasteiger partial charge in [-0.05, 0) is 61.9 Å². The molecule has 86 valence electrons. The van der Waals surface area contributed by atoms with Crippen molar-refractivity contribution < 1.29 is 4.79 Å². The Hall–Kier alpha value is -1.31. The highest BCUT2D eigenvalue weighted by atomic mass is 16.1. The van der Waals surface area contributed by atoms with Crippen molar-refractivity contribution in [3.8, 4) is 0 Å². The second-order valence-electron chi connectivity index (χ2n) is 4.83. The average Bonchev–Trinajstić information content (AvgIpc) is 2.62. The topological polar surface area (TPSA) is 29.1 Å². The highest BCUT2D eigenvalue weighted by Crippen LogP contribution is 2.32. The molecule has 1 unspecified atom stereocenters. The molecular formula is C14H19NO. The van der Waals surface area contributed by atoms with Crippen LogP contribution in [-0.2, 0) is 4.79 Å². The first-order valence-electron chi connectivity index (χ1n) is 5.87. The second-order valence-corrected chi connectivity index (χ2v) is 4.83. The van der Waals surface area contributed by atoms with Crippen LogP contribution in [0.15, 0.2) is 6.07 Å². The Labute approximate surface area is 97.1 Å². The van der Waals surface area contributed by atoms with Gasteiger partial charge in [0.1, 0.15) is 0 Å². The molecule has 1 atom stereocenters. The van der Waals surface area contributed by atoms with Crippen molar-refractivity contribution in [2.24, 2.45) is 0 Å². The summed E-state index contributed by atoms with van der Waals surface area (Å²) in [7, 11) is 0. The third-order valence-corrected chi connectivity index (χ3v) is 3.77. The molecule has 2 heteroatoms. The van der Waals surface area contributed by atoms with Crippen molar-refractivity contribution in [3.05, 3.63) is 33.9 Å². The van der Waals surface area contributed by atoms with Gasteiger partial charge in [-0.3, -0.25) is 4.79 Å². The number of benzene rings is 1. The van der Waals surface area contributed by atoms with Gasteiger partial charge in [0.05, 0.1) is 6.04 Å². The van der Waals surface area contributed by atoms with Crippen molar-refractivity contribution in [2.75, 3.05) is 0 Å². The van der Waals surface area contributed by atoms with Crippen LogP contribution < -0.4 is 5.32 Å². The zero-order chi connectivity index (χ0) is 11.9. The van der Waals surface area contributed by atoms with Crippen molar-refractivity contribution in [3.63, 3.8) is 0 Å². The fourth-order valence-electron chi connectivity index (χ4n) is 2.60. The quantitative estimate of drug-likeness (QED) is 0.770. The first-order valence-corrected chi connectivity index (χ1v) is 5.87. The number of carbonyl (C=O) groups excluding carboxylic acids is 1. The molecule has 0 aromatic heterocycles. The molecule has 1 aliphatic heterocycles. The molecule has 1 heterocycles. The predicted molar refractivity (Wildman–Crippen MR) is 65.5 cm³/mol. The van der Waals surface area contributed by atoms with Gasteiger partial charge in [-0.1, -0.05) is 6.07 Å². The maximum atomic E-state index is 11.3. The summed E-state index contributed by atoms with van der Waals surface area (Å²) in [5.41, 5.74) is 6.63. The summed E-state index contributed by atoms with van der Waals surface area (Å²) in [6.07, 6.45) is 1.60. The van der Waals surface area contributed by atoms with Gasteiger partial charge >= 0.3 is 0 Å². The van der Waals surface area contributed by atoms with Crippen LogP contribution in [0.4, 0.5) is 0 Å². The Morgan fingerprint density at radius 1 is 1.12 bits per heavy atom. The van der Waals surface area contributed by atoms with Gasteiger partial charge in [0.25, 0.3) is 0 Å². The maximum absolute atomic E-state index is 11.3. The molecule has 2 nitrogen and oxygen atoms in total. The van der Waals surface area contributed by atoms with Crippen LogP contribution in [0.5, 0.6) is 0 Å². The molecule has 2 rings (SSSR count). The lowest BCUT2D eigenvalue weighted by atomic mass is 9.89. The van der Waals surface area contributed by atoms with Gasteiger partial charge in [0.2, 0.25) is 5.91 Å². The fourth-order valence-corrected chi connectivity index (χ4v) is 2.60. The highest BCUT2D eigenvalue weighted by molar-refractivity contribution is 5.79. The normalized spacial score (nSPS) is 20.0. The van der Waals surface area contributed by atoms with Crippen LogP contribution in [0.3, 0.4) is 0 Å². The SMILES string of the molecule is Cc1cc(C)c(C)c(C2CCC(=O)N2)c1C. The molecule has 0 spiro atoms. The van der Waals surface area contributed by atoms with E-state index >= 15 is 0 Å². The Balaban J connectivity index is 2.51. The summed E-state index contributed by atoms with van der Waals surface area (Å²) in [6, 6.07) is 2.45. The number of hydrogen-bond acceptors (Lipinski definition) is 1. The molecule has 1 fully saturated rings. The van der Waals surface area contributed by atoms with Gasteiger partial charge in [-0.25, -0.2) is 0 Å². The van der Waals surface area contributed by atoms with Gasteiger partial charge in [0.15, 0.2) is 0 Å².